The molecule has 0 bridgehead atoms. The summed E-state index contributed by atoms with van der Waals surface area (Å²) in [4.78, 5) is 40.1. The number of hydrogen-bond acceptors (Lipinski definition) is 5. The van der Waals surface area contributed by atoms with E-state index in [1.54, 1.807) is 18.2 Å². The van der Waals surface area contributed by atoms with E-state index >= 15 is 0 Å². The summed E-state index contributed by atoms with van der Waals surface area (Å²) in [6.45, 7) is 9.11. The smallest absolute Gasteiger partial charge is 0.338 e. The Balaban J connectivity index is 1.87. The van der Waals surface area contributed by atoms with Crippen molar-refractivity contribution in [2.24, 2.45) is 11.8 Å². The molecule has 3 aromatic rings. The van der Waals surface area contributed by atoms with E-state index in [9.17, 15) is 14.4 Å². The number of hydrogen-bond donors (Lipinski definition) is 0. The van der Waals surface area contributed by atoms with Crippen LogP contribution in [0.4, 0.5) is 0 Å². The molecule has 2 atom stereocenters. The van der Waals surface area contributed by atoms with Crippen LogP contribution in [-0.4, -0.2) is 30.9 Å². The van der Waals surface area contributed by atoms with Gasteiger partial charge in [0.1, 0.15) is 0 Å². The molecular weight excluding hydrogens is 524 g/mol. The molecule has 0 fully saturated rings. The standard InChI is InChI=1S/C37H46O5/c1-5-9-14-27(7-3)25-41-36(39)32-22-23-33(37(40)42-26-28(8-4)15-10-6-2)34(24-32)35(38)31-20-18-30(19-21-31)29-16-12-11-13-17-29/h11-13,16-24,27-28H,5-10,14-15,25-26H2,1-4H3. The van der Waals surface area contributed by atoms with E-state index in [4.69, 9.17) is 9.47 Å². The van der Waals surface area contributed by atoms with Gasteiger partial charge in [-0.3, -0.25) is 4.79 Å². The highest BCUT2D eigenvalue weighted by atomic mass is 16.5. The third-order valence-electron chi connectivity index (χ3n) is 7.96. The molecule has 0 amide bonds. The molecule has 0 aromatic heterocycles. The summed E-state index contributed by atoms with van der Waals surface area (Å²) in [5.41, 5.74) is 2.99. The molecular formula is C37H46O5. The van der Waals surface area contributed by atoms with E-state index in [1.807, 2.05) is 42.5 Å². The first-order chi connectivity index (χ1) is 20.4. The van der Waals surface area contributed by atoms with Gasteiger partial charge in [0.05, 0.1) is 24.3 Å². The van der Waals surface area contributed by atoms with Crippen molar-refractivity contribution in [1.29, 1.82) is 0 Å². The normalized spacial score (nSPS) is 12.4. The van der Waals surface area contributed by atoms with Gasteiger partial charge in [0, 0.05) is 11.1 Å². The van der Waals surface area contributed by atoms with Gasteiger partial charge in [-0.1, -0.05) is 121 Å². The number of ketones is 1. The monoisotopic (exact) mass is 570 g/mol. The van der Waals surface area contributed by atoms with Gasteiger partial charge in [0.15, 0.2) is 5.78 Å². The van der Waals surface area contributed by atoms with E-state index in [-0.39, 0.29) is 28.4 Å². The van der Waals surface area contributed by atoms with Crippen LogP contribution in [0.2, 0.25) is 0 Å². The third-order valence-corrected chi connectivity index (χ3v) is 7.96. The number of carbonyl (C=O) groups is 3. The van der Waals surface area contributed by atoms with Gasteiger partial charge in [0.25, 0.3) is 0 Å². The van der Waals surface area contributed by atoms with Crippen molar-refractivity contribution in [3.05, 3.63) is 95.1 Å². The van der Waals surface area contributed by atoms with E-state index in [0.717, 1.165) is 62.5 Å². The fraction of sp³-hybridized carbons (Fsp3) is 0.432. The Morgan fingerprint density at radius 1 is 0.595 bits per heavy atom. The van der Waals surface area contributed by atoms with Gasteiger partial charge in [0.2, 0.25) is 0 Å². The summed E-state index contributed by atoms with van der Waals surface area (Å²) in [5.74, 6) is -0.828. The van der Waals surface area contributed by atoms with Gasteiger partial charge in [-0.05, 0) is 54.0 Å². The largest absolute Gasteiger partial charge is 0.462 e. The summed E-state index contributed by atoms with van der Waals surface area (Å²) in [6, 6.07) is 21.7. The SMILES string of the molecule is CCCCC(CC)COC(=O)c1ccc(C(=O)OCC(CC)CCCC)c(C(=O)c2ccc(-c3ccccc3)cc2)c1. The molecule has 0 N–H and O–H groups in total. The lowest BCUT2D eigenvalue weighted by atomic mass is 9.94. The molecule has 0 spiro atoms. The van der Waals surface area contributed by atoms with E-state index in [0.29, 0.717) is 24.7 Å². The lowest BCUT2D eigenvalue weighted by Gasteiger charge is -2.17. The first-order valence-electron chi connectivity index (χ1n) is 15.6. The summed E-state index contributed by atoms with van der Waals surface area (Å²) in [6.07, 6.45) is 8.18. The van der Waals surface area contributed by atoms with Crippen LogP contribution in [0.15, 0.2) is 72.8 Å². The zero-order chi connectivity index (χ0) is 30.3. The predicted octanol–water partition coefficient (Wildman–Crippen LogP) is 9.33. The van der Waals surface area contributed by atoms with Crippen LogP contribution in [-0.2, 0) is 9.47 Å². The highest BCUT2D eigenvalue weighted by Gasteiger charge is 2.23. The van der Waals surface area contributed by atoms with Crippen LogP contribution in [0.1, 0.15) is 116 Å². The first-order valence-corrected chi connectivity index (χ1v) is 15.6. The lowest BCUT2D eigenvalue weighted by molar-refractivity contribution is 0.0413. The fourth-order valence-corrected chi connectivity index (χ4v) is 4.98. The molecule has 224 valence electrons. The Hall–Kier alpha value is -3.73. The Morgan fingerprint density at radius 3 is 1.67 bits per heavy atom. The Morgan fingerprint density at radius 2 is 1.12 bits per heavy atom. The maximum absolute atomic E-state index is 13.8. The van der Waals surface area contributed by atoms with Crippen LogP contribution < -0.4 is 0 Å². The minimum atomic E-state index is -0.556. The van der Waals surface area contributed by atoms with Crippen LogP contribution in [0.5, 0.6) is 0 Å². The number of ether oxygens (including phenoxy) is 2. The van der Waals surface area contributed by atoms with Crippen LogP contribution in [0.3, 0.4) is 0 Å². The molecule has 42 heavy (non-hydrogen) atoms. The van der Waals surface area contributed by atoms with Crippen molar-refractivity contribution in [3.63, 3.8) is 0 Å². The highest BCUT2D eigenvalue weighted by molar-refractivity contribution is 6.15. The molecule has 3 aromatic carbocycles. The van der Waals surface area contributed by atoms with Gasteiger partial charge >= 0.3 is 11.9 Å². The predicted molar refractivity (Wildman–Crippen MR) is 169 cm³/mol. The van der Waals surface area contributed by atoms with Crippen LogP contribution >= 0.6 is 0 Å². The second kappa shape index (κ2) is 17.3. The quantitative estimate of drug-likeness (QED) is 0.119. The minimum Gasteiger partial charge on any atom is -0.462 e. The average Bonchev–Trinajstić information content (AvgIpc) is 3.04. The topological polar surface area (TPSA) is 69.7 Å². The van der Waals surface area contributed by atoms with Crippen molar-refractivity contribution < 1.29 is 23.9 Å². The molecule has 0 saturated carbocycles. The molecule has 0 aliphatic heterocycles. The molecule has 2 unspecified atom stereocenters. The highest BCUT2D eigenvalue weighted by Crippen LogP contribution is 2.24. The van der Waals surface area contributed by atoms with E-state index in [1.165, 1.54) is 12.1 Å². The maximum atomic E-state index is 13.8. The van der Waals surface area contributed by atoms with Gasteiger partial charge < -0.3 is 9.47 Å². The third kappa shape index (κ3) is 9.40. The number of esters is 2. The second-order valence-electron chi connectivity index (χ2n) is 11.1. The van der Waals surface area contributed by atoms with Crippen molar-refractivity contribution in [2.75, 3.05) is 13.2 Å². The summed E-state index contributed by atoms with van der Waals surface area (Å²) >= 11 is 0. The van der Waals surface area contributed by atoms with Crippen LogP contribution in [0.25, 0.3) is 11.1 Å². The number of carbonyl (C=O) groups excluding carboxylic acids is 3. The number of benzene rings is 3. The zero-order valence-corrected chi connectivity index (χ0v) is 25.7. The van der Waals surface area contributed by atoms with Gasteiger partial charge in [-0.15, -0.1) is 0 Å². The maximum Gasteiger partial charge on any atom is 0.338 e. The molecule has 0 heterocycles. The van der Waals surface area contributed by atoms with Crippen molar-refractivity contribution in [2.45, 2.75) is 79.1 Å². The number of rotatable bonds is 17. The van der Waals surface area contributed by atoms with E-state index < -0.39 is 11.9 Å². The molecule has 5 heteroatoms. The van der Waals surface area contributed by atoms with Crippen LogP contribution in [0, 0.1) is 11.8 Å². The lowest BCUT2D eigenvalue weighted by Crippen LogP contribution is -2.19. The molecule has 5 nitrogen and oxygen atoms in total. The summed E-state index contributed by atoms with van der Waals surface area (Å²) in [7, 11) is 0. The Kier molecular flexibility index (Phi) is 13.5. The van der Waals surface area contributed by atoms with E-state index in [2.05, 4.69) is 27.7 Å². The zero-order valence-electron chi connectivity index (χ0n) is 25.7. The Bertz CT molecular complexity index is 1280. The van der Waals surface area contributed by atoms with Gasteiger partial charge in [-0.2, -0.15) is 0 Å². The van der Waals surface area contributed by atoms with Crippen molar-refractivity contribution in [1.82, 2.24) is 0 Å². The molecule has 0 aliphatic rings. The fourth-order valence-electron chi connectivity index (χ4n) is 4.98. The molecule has 0 aliphatic carbocycles. The van der Waals surface area contributed by atoms with Crippen molar-refractivity contribution in [3.8, 4) is 11.1 Å². The Labute approximate surface area is 251 Å². The second-order valence-corrected chi connectivity index (χ2v) is 11.1. The van der Waals surface area contributed by atoms with Gasteiger partial charge in [-0.25, -0.2) is 9.59 Å². The average molecular weight is 571 g/mol. The molecule has 0 saturated heterocycles. The first kappa shape index (κ1) is 32.8. The number of unbranched alkanes of at least 4 members (excludes halogenated alkanes) is 2. The molecule has 0 radical (unpaired) electrons. The summed E-state index contributed by atoms with van der Waals surface area (Å²) < 4.78 is 11.4. The van der Waals surface area contributed by atoms with Crippen molar-refractivity contribution >= 4 is 17.7 Å². The minimum absolute atomic E-state index is 0.140. The molecule has 3 rings (SSSR count). The summed E-state index contributed by atoms with van der Waals surface area (Å²) in [5, 5.41) is 0.